The van der Waals surface area contributed by atoms with Crippen molar-refractivity contribution in [2.45, 2.75) is 12.1 Å². The van der Waals surface area contributed by atoms with Gasteiger partial charge >= 0.3 is 0 Å². The lowest BCUT2D eigenvalue weighted by molar-refractivity contribution is 0.217. The molecule has 0 spiro atoms. The maximum atomic E-state index is 6.70. The molecule has 6 rings (SSSR count). The van der Waals surface area contributed by atoms with Gasteiger partial charge in [-0.25, -0.2) is 4.68 Å². The number of methoxy groups -OCH3 is 3. The Morgan fingerprint density at radius 1 is 0.886 bits per heavy atom. The number of rotatable bonds is 5. The molecule has 0 fully saturated rings. The normalized spacial score (nSPS) is 17.9. The largest absolute Gasteiger partial charge is 0.497 e. The molecule has 0 saturated carbocycles. The molecule has 0 unspecified atom stereocenters. The SMILES string of the molecule is COc1ccc([C@H]2C3=C(Nc4ncnn42)c2ccccc2O[C@H]3c2cc(OC)ccc2OC)cc1. The summed E-state index contributed by atoms with van der Waals surface area (Å²) in [7, 11) is 4.97. The van der Waals surface area contributed by atoms with Gasteiger partial charge in [-0.3, -0.25) is 0 Å². The molecule has 176 valence electrons. The van der Waals surface area contributed by atoms with Crippen molar-refractivity contribution in [2.75, 3.05) is 26.6 Å². The van der Waals surface area contributed by atoms with Crippen molar-refractivity contribution >= 4 is 11.6 Å². The molecule has 1 aromatic heterocycles. The fourth-order valence-electron chi connectivity index (χ4n) is 4.83. The van der Waals surface area contributed by atoms with E-state index in [1.54, 1.807) is 27.7 Å². The van der Waals surface area contributed by atoms with E-state index in [1.807, 2.05) is 71.4 Å². The Morgan fingerprint density at radius 2 is 1.66 bits per heavy atom. The number of para-hydroxylation sites is 1. The van der Waals surface area contributed by atoms with Gasteiger partial charge in [-0.1, -0.05) is 24.3 Å². The first kappa shape index (κ1) is 21.1. The Hall–Kier alpha value is -4.46. The predicted octanol–water partition coefficient (Wildman–Crippen LogP) is 4.86. The molecular weight excluding hydrogens is 444 g/mol. The third-order valence-corrected chi connectivity index (χ3v) is 6.47. The zero-order valence-electron chi connectivity index (χ0n) is 19.6. The van der Waals surface area contributed by atoms with E-state index >= 15 is 0 Å². The van der Waals surface area contributed by atoms with Gasteiger partial charge in [0, 0.05) is 16.7 Å². The van der Waals surface area contributed by atoms with Crippen LogP contribution in [0.2, 0.25) is 0 Å². The molecular formula is C27H24N4O4. The first-order chi connectivity index (χ1) is 17.2. The van der Waals surface area contributed by atoms with Crippen molar-refractivity contribution in [1.29, 1.82) is 0 Å². The van der Waals surface area contributed by atoms with E-state index in [-0.39, 0.29) is 6.04 Å². The van der Waals surface area contributed by atoms with Gasteiger partial charge in [0.25, 0.3) is 0 Å². The van der Waals surface area contributed by atoms with Gasteiger partial charge < -0.3 is 24.3 Å². The number of hydrogen-bond donors (Lipinski definition) is 1. The minimum Gasteiger partial charge on any atom is -0.497 e. The molecule has 4 aromatic rings. The van der Waals surface area contributed by atoms with Crippen molar-refractivity contribution in [3.63, 3.8) is 0 Å². The van der Waals surface area contributed by atoms with E-state index in [0.717, 1.165) is 45.2 Å². The lowest BCUT2D eigenvalue weighted by Crippen LogP contribution is -2.32. The summed E-state index contributed by atoms with van der Waals surface area (Å²) in [6.45, 7) is 0. The van der Waals surface area contributed by atoms with E-state index in [4.69, 9.17) is 18.9 Å². The topological polar surface area (TPSA) is 79.7 Å². The Labute approximate surface area is 202 Å². The Balaban J connectivity index is 1.62. The number of nitrogens with zero attached hydrogens (tertiary/aromatic N) is 3. The minimum absolute atomic E-state index is 0.274. The molecule has 8 heteroatoms. The number of anilines is 1. The second-order valence-corrected chi connectivity index (χ2v) is 8.26. The maximum absolute atomic E-state index is 6.70. The average Bonchev–Trinajstić information content (AvgIpc) is 3.39. The molecule has 0 amide bonds. The van der Waals surface area contributed by atoms with E-state index in [1.165, 1.54) is 0 Å². The van der Waals surface area contributed by atoms with Crippen LogP contribution in [0, 0.1) is 0 Å². The molecule has 2 aliphatic heterocycles. The van der Waals surface area contributed by atoms with Crippen molar-refractivity contribution in [3.8, 4) is 23.0 Å². The highest BCUT2D eigenvalue weighted by atomic mass is 16.5. The van der Waals surface area contributed by atoms with Gasteiger partial charge in [0.2, 0.25) is 5.95 Å². The average molecular weight is 469 g/mol. The first-order valence-electron chi connectivity index (χ1n) is 11.2. The molecule has 3 aromatic carbocycles. The molecule has 2 aliphatic rings. The number of aromatic nitrogens is 3. The predicted molar refractivity (Wildman–Crippen MR) is 131 cm³/mol. The minimum atomic E-state index is -0.470. The van der Waals surface area contributed by atoms with Crippen molar-refractivity contribution in [3.05, 3.63) is 95.3 Å². The molecule has 0 radical (unpaired) electrons. The van der Waals surface area contributed by atoms with Crippen LogP contribution in [0.25, 0.3) is 5.70 Å². The van der Waals surface area contributed by atoms with Crippen LogP contribution in [-0.4, -0.2) is 36.1 Å². The van der Waals surface area contributed by atoms with Crippen molar-refractivity contribution in [2.24, 2.45) is 0 Å². The maximum Gasteiger partial charge on any atom is 0.226 e. The molecule has 0 saturated heterocycles. The highest BCUT2D eigenvalue weighted by Gasteiger charge is 2.42. The van der Waals surface area contributed by atoms with Gasteiger partial charge in [0.1, 0.15) is 35.4 Å². The molecule has 0 bridgehead atoms. The quantitative estimate of drug-likeness (QED) is 0.448. The summed E-state index contributed by atoms with van der Waals surface area (Å²) in [5, 5.41) is 8.09. The number of fused-ring (bicyclic) bond motifs is 3. The van der Waals surface area contributed by atoms with Crippen LogP contribution < -0.4 is 24.3 Å². The smallest absolute Gasteiger partial charge is 0.226 e. The number of benzene rings is 3. The van der Waals surface area contributed by atoms with Crippen LogP contribution in [0.1, 0.15) is 28.8 Å². The Bertz CT molecular complexity index is 1430. The van der Waals surface area contributed by atoms with Crippen LogP contribution in [0.5, 0.6) is 23.0 Å². The summed E-state index contributed by atoms with van der Waals surface area (Å²) >= 11 is 0. The van der Waals surface area contributed by atoms with Gasteiger partial charge in [-0.2, -0.15) is 10.1 Å². The summed E-state index contributed by atoms with van der Waals surface area (Å²) in [6.07, 6.45) is 1.09. The lowest BCUT2D eigenvalue weighted by atomic mass is 9.84. The third-order valence-electron chi connectivity index (χ3n) is 6.47. The third kappa shape index (κ3) is 3.37. The van der Waals surface area contributed by atoms with E-state index in [0.29, 0.717) is 11.7 Å². The van der Waals surface area contributed by atoms with E-state index in [2.05, 4.69) is 15.4 Å². The second-order valence-electron chi connectivity index (χ2n) is 8.26. The molecule has 35 heavy (non-hydrogen) atoms. The molecule has 8 nitrogen and oxygen atoms in total. The Morgan fingerprint density at radius 3 is 2.43 bits per heavy atom. The lowest BCUT2D eigenvalue weighted by Gasteiger charge is -2.39. The van der Waals surface area contributed by atoms with Crippen LogP contribution >= 0.6 is 0 Å². The number of hydrogen-bond acceptors (Lipinski definition) is 7. The highest BCUT2D eigenvalue weighted by molar-refractivity contribution is 5.85. The van der Waals surface area contributed by atoms with E-state index in [9.17, 15) is 0 Å². The summed E-state index contributed by atoms with van der Waals surface area (Å²) in [6, 6.07) is 21.5. The number of ether oxygens (including phenoxy) is 4. The van der Waals surface area contributed by atoms with Gasteiger partial charge in [-0.15, -0.1) is 0 Å². The van der Waals surface area contributed by atoms with Crippen LogP contribution in [0.3, 0.4) is 0 Å². The second kappa shape index (κ2) is 8.39. The molecule has 3 heterocycles. The zero-order valence-corrected chi connectivity index (χ0v) is 19.6. The fraction of sp³-hybridized carbons (Fsp3) is 0.185. The number of nitrogens with one attached hydrogen (secondary N) is 1. The Kier molecular flexibility index (Phi) is 5.06. The monoisotopic (exact) mass is 468 g/mol. The summed E-state index contributed by atoms with van der Waals surface area (Å²) in [5.41, 5.74) is 4.80. The van der Waals surface area contributed by atoms with Crippen molar-refractivity contribution < 1.29 is 18.9 Å². The fourth-order valence-corrected chi connectivity index (χ4v) is 4.83. The van der Waals surface area contributed by atoms with Crippen LogP contribution in [0.4, 0.5) is 5.95 Å². The summed E-state index contributed by atoms with van der Waals surface area (Å²) < 4.78 is 25.3. The highest BCUT2D eigenvalue weighted by Crippen LogP contribution is 2.52. The molecule has 1 N–H and O–H groups in total. The first-order valence-corrected chi connectivity index (χ1v) is 11.2. The standard InChI is InChI=1S/C27H24N4O4/c1-32-17-10-8-16(9-11-17)25-23-24(30-27-28-15-29-31(25)27)19-6-4-5-7-22(19)35-26(23)20-14-18(33-2)12-13-21(20)34-3/h4-15,25-26H,1-3H3,(H,28,29,30)/t25-,26-/m0/s1. The van der Waals surface area contributed by atoms with Gasteiger partial charge in [-0.05, 0) is 48.0 Å². The van der Waals surface area contributed by atoms with Gasteiger partial charge in [0.15, 0.2) is 6.10 Å². The molecule has 0 aliphatic carbocycles. The van der Waals surface area contributed by atoms with Crippen molar-refractivity contribution in [1.82, 2.24) is 14.8 Å². The van der Waals surface area contributed by atoms with Crippen LogP contribution in [0.15, 0.2) is 78.6 Å². The van der Waals surface area contributed by atoms with Gasteiger partial charge in [0.05, 0.1) is 27.0 Å². The van der Waals surface area contributed by atoms with Crippen LogP contribution in [-0.2, 0) is 0 Å². The summed E-state index contributed by atoms with van der Waals surface area (Å²) in [4.78, 5) is 4.49. The zero-order chi connectivity index (χ0) is 23.9. The van der Waals surface area contributed by atoms with E-state index < -0.39 is 6.10 Å². The summed E-state index contributed by atoms with van der Waals surface area (Å²) in [5.74, 6) is 3.65. The molecule has 2 atom stereocenters.